The Morgan fingerprint density at radius 1 is 1.59 bits per heavy atom. The van der Waals surface area contributed by atoms with Crippen molar-refractivity contribution in [2.24, 2.45) is 0 Å². The molecule has 1 N–H and O–H groups in total. The Labute approximate surface area is 99.8 Å². The standard InChI is InChI=1S/C12H14N2O3/c1-14(8-12(15)16)7-10-5-9(6-13)3-4-11(10)17-2/h3-5H,7-8H2,1-2H3,(H,15,16). The fourth-order valence-corrected chi connectivity index (χ4v) is 1.55. The topological polar surface area (TPSA) is 73.6 Å². The van der Waals surface area contributed by atoms with Crippen molar-refractivity contribution in [2.45, 2.75) is 6.54 Å². The van der Waals surface area contributed by atoms with E-state index in [1.807, 2.05) is 6.07 Å². The maximum Gasteiger partial charge on any atom is 0.317 e. The number of carboxylic acid groups (broad SMARTS) is 1. The molecule has 1 aromatic carbocycles. The van der Waals surface area contributed by atoms with Gasteiger partial charge in [-0.3, -0.25) is 9.69 Å². The van der Waals surface area contributed by atoms with Gasteiger partial charge in [0.1, 0.15) is 5.75 Å². The SMILES string of the molecule is COc1ccc(C#N)cc1CN(C)CC(=O)O. The van der Waals surface area contributed by atoms with Crippen molar-refractivity contribution in [3.05, 3.63) is 29.3 Å². The zero-order chi connectivity index (χ0) is 12.8. The van der Waals surface area contributed by atoms with Gasteiger partial charge in [0.05, 0.1) is 25.3 Å². The Kier molecular flexibility index (Phi) is 4.49. The maximum atomic E-state index is 10.6. The van der Waals surface area contributed by atoms with E-state index in [1.54, 1.807) is 37.3 Å². The summed E-state index contributed by atoms with van der Waals surface area (Å²) in [5.41, 5.74) is 1.33. The van der Waals surface area contributed by atoms with Gasteiger partial charge in [-0.05, 0) is 25.2 Å². The molecule has 0 spiro atoms. The fraction of sp³-hybridized carbons (Fsp3) is 0.333. The summed E-state index contributed by atoms with van der Waals surface area (Å²) in [7, 11) is 3.24. The van der Waals surface area contributed by atoms with Gasteiger partial charge in [-0.15, -0.1) is 0 Å². The summed E-state index contributed by atoms with van der Waals surface area (Å²) in [5.74, 6) is -0.232. The Morgan fingerprint density at radius 3 is 2.82 bits per heavy atom. The lowest BCUT2D eigenvalue weighted by Crippen LogP contribution is -2.25. The van der Waals surface area contributed by atoms with E-state index in [1.165, 1.54) is 0 Å². The van der Waals surface area contributed by atoms with Crippen molar-refractivity contribution in [2.75, 3.05) is 20.7 Å². The molecule has 0 aromatic heterocycles. The molecule has 0 amide bonds. The van der Waals surface area contributed by atoms with Crippen LogP contribution in [0.3, 0.4) is 0 Å². The van der Waals surface area contributed by atoms with Crippen molar-refractivity contribution < 1.29 is 14.6 Å². The highest BCUT2D eigenvalue weighted by molar-refractivity contribution is 5.69. The molecule has 5 nitrogen and oxygen atoms in total. The average molecular weight is 234 g/mol. The van der Waals surface area contributed by atoms with Crippen LogP contribution in [-0.2, 0) is 11.3 Å². The van der Waals surface area contributed by atoms with Crippen LogP contribution in [0.1, 0.15) is 11.1 Å². The molecule has 1 rings (SSSR count). The van der Waals surface area contributed by atoms with Crippen molar-refractivity contribution in [1.82, 2.24) is 4.90 Å². The summed E-state index contributed by atoms with van der Waals surface area (Å²) in [5, 5.41) is 17.5. The molecular formula is C12H14N2O3. The molecule has 0 saturated carbocycles. The number of nitriles is 1. The molecule has 0 bridgehead atoms. The van der Waals surface area contributed by atoms with Gasteiger partial charge < -0.3 is 9.84 Å². The Balaban J connectivity index is 2.88. The minimum atomic E-state index is -0.886. The van der Waals surface area contributed by atoms with Crippen LogP contribution in [0.15, 0.2) is 18.2 Å². The molecular weight excluding hydrogens is 220 g/mol. The summed E-state index contributed by atoms with van der Waals surface area (Å²) in [6, 6.07) is 7.12. The Morgan fingerprint density at radius 2 is 2.29 bits per heavy atom. The van der Waals surface area contributed by atoms with E-state index < -0.39 is 5.97 Å². The molecule has 0 aliphatic rings. The van der Waals surface area contributed by atoms with Gasteiger partial charge in [0.15, 0.2) is 0 Å². The highest BCUT2D eigenvalue weighted by Gasteiger charge is 2.09. The number of carboxylic acids is 1. The summed E-state index contributed by atoms with van der Waals surface area (Å²) in [6.07, 6.45) is 0. The molecule has 5 heteroatoms. The molecule has 0 saturated heterocycles. The molecule has 0 fully saturated rings. The number of likely N-dealkylation sites (N-methyl/N-ethyl adjacent to an activating group) is 1. The highest BCUT2D eigenvalue weighted by atomic mass is 16.5. The second-order valence-electron chi connectivity index (χ2n) is 3.70. The van der Waals surface area contributed by atoms with E-state index in [9.17, 15) is 4.79 Å². The van der Waals surface area contributed by atoms with Crippen LogP contribution >= 0.6 is 0 Å². The lowest BCUT2D eigenvalue weighted by Gasteiger charge is -2.16. The third kappa shape index (κ3) is 3.78. The summed E-state index contributed by atoms with van der Waals surface area (Å²) < 4.78 is 5.17. The molecule has 17 heavy (non-hydrogen) atoms. The van der Waals surface area contributed by atoms with E-state index in [0.29, 0.717) is 17.9 Å². The monoisotopic (exact) mass is 234 g/mol. The lowest BCUT2D eigenvalue weighted by molar-refractivity contribution is -0.138. The molecule has 0 unspecified atom stereocenters. The summed E-state index contributed by atoms with van der Waals surface area (Å²) in [6.45, 7) is 0.366. The molecule has 0 aliphatic carbocycles. The van der Waals surface area contributed by atoms with Gasteiger partial charge in [-0.2, -0.15) is 5.26 Å². The number of aliphatic carboxylic acids is 1. The largest absolute Gasteiger partial charge is 0.496 e. The molecule has 0 heterocycles. The predicted molar refractivity (Wildman–Crippen MR) is 61.7 cm³/mol. The second kappa shape index (κ2) is 5.87. The van der Waals surface area contributed by atoms with Gasteiger partial charge in [-0.25, -0.2) is 0 Å². The zero-order valence-electron chi connectivity index (χ0n) is 9.80. The van der Waals surface area contributed by atoms with E-state index in [4.69, 9.17) is 15.1 Å². The number of carbonyl (C=O) groups is 1. The molecule has 0 atom stereocenters. The number of rotatable bonds is 5. The first-order chi connectivity index (χ1) is 8.06. The average Bonchev–Trinajstić information content (AvgIpc) is 2.27. The van der Waals surface area contributed by atoms with Crippen LogP contribution in [0.4, 0.5) is 0 Å². The van der Waals surface area contributed by atoms with Crippen LogP contribution in [0.5, 0.6) is 5.75 Å². The molecule has 0 radical (unpaired) electrons. The van der Waals surface area contributed by atoms with Gasteiger partial charge in [0.2, 0.25) is 0 Å². The third-order valence-electron chi connectivity index (χ3n) is 2.25. The molecule has 90 valence electrons. The number of benzene rings is 1. The lowest BCUT2D eigenvalue weighted by atomic mass is 10.1. The fourth-order valence-electron chi connectivity index (χ4n) is 1.55. The Bertz CT molecular complexity index is 452. The molecule has 0 aliphatic heterocycles. The predicted octanol–water partition coefficient (Wildman–Crippen LogP) is 1.08. The summed E-state index contributed by atoms with van der Waals surface area (Å²) in [4.78, 5) is 12.2. The summed E-state index contributed by atoms with van der Waals surface area (Å²) >= 11 is 0. The normalized spacial score (nSPS) is 10.0. The maximum absolute atomic E-state index is 10.6. The van der Waals surface area contributed by atoms with Gasteiger partial charge in [0, 0.05) is 12.1 Å². The smallest absolute Gasteiger partial charge is 0.317 e. The highest BCUT2D eigenvalue weighted by Crippen LogP contribution is 2.20. The number of hydrogen-bond acceptors (Lipinski definition) is 4. The van der Waals surface area contributed by atoms with Gasteiger partial charge >= 0.3 is 5.97 Å². The van der Waals surface area contributed by atoms with Gasteiger partial charge in [0.25, 0.3) is 0 Å². The minimum Gasteiger partial charge on any atom is -0.496 e. The van der Waals surface area contributed by atoms with E-state index in [-0.39, 0.29) is 6.54 Å². The first kappa shape index (κ1) is 13.0. The van der Waals surface area contributed by atoms with Crippen molar-refractivity contribution in [3.63, 3.8) is 0 Å². The number of ether oxygens (including phenoxy) is 1. The minimum absolute atomic E-state index is 0.0556. The zero-order valence-corrected chi connectivity index (χ0v) is 9.80. The van der Waals surface area contributed by atoms with Crippen molar-refractivity contribution in [1.29, 1.82) is 5.26 Å². The number of nitrogens with zero attached hydrogens (tertiary/aromatic N) is 2. The van der Waals surface area contributed by atoms with E-state index in [0.717, 1.165) is 5.56 Å². The first-order valence-electron chi connectivity index (χ1n) is 5.04. The molecule has 1 aromatic rings. The van der Waals surface area contributed by atoms with Gasteiger partial charge in [-0.1, -0.05) is 0 Å². The third-order valence-corrected chi connectivity index (χ3v) is 2.25. The van der Waals surface area contributed by atoms with Crippen molar-refractivity contribution in [3.8, 4) is 11.8 Å². The van der Waals surface area contributed by atoms with Crippen LogP contribution in [0, 0.1) is 11.3 Å². The van der Waals surface area contributed by atoms with Crippen LogP contribution in [0.25, 0.3) is 0 Å². The van der Waals surface area contributed by atoms with E-state index in [2.05, 4.69) is 0 Å². The van der Waals surface area contributed by atoms with Crippen LogP contribution < -0.4 is 4.74 Å². The number of hydrogen-bond donors (Lipinski definition) is 1. The number of methoxy groups -OCH3 is 1. The first-order valence-corrected chi connectivity index (χ1v) is 5.04. The van der Waals surface area contributed by atoms with Crippen molar-refractivity contribution >= 4 is 5.97 Å². The van der Waals surface area contributed by atoms with Crippen LogP contribution in [0.2, 0.25) is 0 Å². The quantitative estimate of drug-likeness (QED) is 0.825. The second-order valence-corrected chi connectivity index (χ2v) is 3.70. The van der Waals surface area contributed by atoms with Crippen LogP contribution in [-0.4, -0.2) is 36.7 Å². The van der Waals surface area contributed by atoms with E-state index >= 15 is 0 Å². The Hall–Kier alpha value is -2.06.